The van der Waals surface area contributed by atoms with E-state index >= 15 is 0 Å². The molecular formula is C11H13N3O2. The van der Waals surface area contributed by atoms with Crippen LogP contribution in [0, 0.1) is 0 Å². The molecule has 16 heavy (non-hydrogen) atoms. The first-order chi connectivity index (χ1) is 7.75. The van der Waals surface area contributed by atoms with Crippen molar-refractivity contribution in [2.24, 2.45) is 0 Å². The fourth-order valence-electron chi connectivity index (χ4n) is 1.71. The number of nitrogens with one attached hydrogen (secondary N) is 1. The number of hydrogen-bond acceptors (Lipinski definition) is 4. The minimum atomic E-state index is -0.244. The van der Waals surface area contributed by atoms with Crippen molar-refractivity contribution in [3.63, 3.8) is 0 Å². The highest BCUT2D eigenvalue weighted by Crippen LogP contribution is 2.20. The smallest absolute Gasteiger partial charge is 0.263 e. The molecule has 0 radical (unpaired) electrons. The number of likely N-dealkylation sites (N-methyl/N-ethyl adjacent to an activating group) is 1. The van der Waals surface area contributed by atoms with Crippen LogP contribution in [0.2, 0.25) is 0 Å². The van der Waals surface area contributed by atoms with E-state index in [1.54, 1.807) is 6.07 Å². The lowest BCUT2D eigenvalue weighted by Gasteiger charge is -2.13. The van der Waals surface area contributed by atoms with E-state index in [0.29, 0.717) is 24.2 Å². The Morgan fingerprint density at radius 1 is 1.31 bits per heavy atom. The van der Waals surface area contributed by atoms with E-state index in [9.17, 15) is 9.59 Å². The molecule has 1 aliphatic heterocycles. The quantitative estimate of drug-likeness (QED) is 0.584. The lowest BCUT2D eigenvalue weighted by Crippen LogP contribution is -2.36. The van der Waals surface area contributed by atoms with E-state index in [-0.39, 0.29) is 11.8 Å². The number of nitrogens with zero attached hydrogens (tertiary/aromatic N) is 2. The van der Waals surface area contributed by atoms with Gasteiger partial charge in [-0.15, -0.1) is 0 Å². The van der Waals surface area contributed by atoms with Crippen molar-refractivity contribution in [3.05, 3.63) is 29.6 Å². The Morgan fingerprint density at radius 3 is 2.75 bits per heavy atom. The predicted octanol–water partition coefficient (Wildman–Crippen LogP) is 0.287. The van der Waals surface area contributed by atoms with Crippen molar-refractivity contribution in [2.45, 2.75) is 6.92 Å². The molecule has 2 heterocycles. The van der Waals surface area contributed by atoms with Gasteiger partial charge in [-0.05, 0) is 12.6 Å². The maximum atomic E-state index is 11.9. The molecule has 1 N–H and O–H groups in total. The van der Waals surface area contributed by atoms with Crippen LogP contribution in [-0.2, 0) is 0 Å². The zero-order valence-electron chi connectivity index (χ0n) is 9.06. The van der Waals surface area contributed by atoms with Crippen LogP contribution < -0.4 is 5.32 Å². The third-order valence-corrected chi connectivity index (χ3v) is 2.53. The summed E-state index contributed by atoms with van der Waals surface area (Å²) in [5.41, 5.74) is 0.862. The number of hydrogen-bond donors (Lipinski definition) is 1. The molecule has 0 spiro atoms. The van der Waals surface area contributed by atoms with Crippen molar-refractivity contribution in [1.82, 2.24) is 15.2 Å². The maximum Gasteiger partial charge on any atom is 0.263 e. The first-order valence-electron chi connectivity index (χ1n) is 5.26. The Labute approximate surface area is 93.5 Å². The number of rotatable bonds is 4. The standard InChI is InChI=1S/C11H13N3O2/c1-2-12-5-6-14-10(15)8-3-4-13-7-9(8)11(14)16/h3-4,7,12H,2,5-6H2,1H3. The highest BCUT2D eigenvalue weighted by molar-refractivity contribution is 6.21. The number of pyridine rings is 1. The molecule has 0 aliphatic carbocycles. The molecule has 0 saturated carbocycles. The first kappa shape index (κ1) is 10.8. The van der Waals surface area contributed by atoms with Crippen LogP contribution in [-0.4, -0.2) is 41.3 Å². The van der Waals surface area contributed by atoms with Crippen molar-refractivity contribution in [2.75, 3.05) is 19.6 Å². The van der Waals surface area contributed by atoms with Crippen LogP contribution >= 0.6 is 0 Å². The van der Waals surface area contributed by atoms with E-state index < -0.39 is 0 Å². The number of carbonyl (C=O) groups is 2. The third kappa shape index (κ3) is 1.69. The Morgan fingerprint density at radius 2 is 2.06 bits per heavy atom. The molecule has 1 aromatic heterocycles. The van der Waals surface area contributed by atoms with E-state index in [1.807, 2.05) is 6.92 Å². The molecule has 0 aromatic carbocycles. The number of imide groups is 1. The van der Waals surface area contributed by atoms with E-state index in [0.717, 1.165) is 6.54 Å². The minimum absolute atomic E-state index is 0.222. The highest BCUT2D eigenvalue weighted by Gasteiger charge is 2.34. The zero-order chi connectivity index (χ0) is 11.5. The summed E-state index contributed by atoms with van der Waals surface area (Å²) in [7, 11) is 0. The van der Waals surface area contributed by atoms with Crippen LogP contribution in [0.4, 0.5) is 0 Å². The number of amides is 2. The molecule has 5 heteroatoms. The maximum absolute atomic E-state index is 11.9. The van der Waals surface area contributed by atoms with E-state index in [4.69, 9.17) is 0 Å². The molecule has 0 atom stereocenters. The Balaban J connectivity index is 2.15. The lowest BCUT2D eigenvalue weighted by atomic mass is 10.2. The van der Waals surface area contributed by atoms with Gasteiger partial charge in [0.1, 0.15) is 0 Å². The summed E-state index contributed by atoms with van der Waals surface area (Å²) < 4.78 is 0. The summed E-state index contributed by atoms with van der Waals surface area (Å²) in [4.78, 5) is 28.8. The Kier molecular flexibility index (Phi) is 2.96. The van der Waals surface area contributed by atoms with Gasteiger partial charge in [0.05, 0.1) is 11.1 Å². The van der Waals surface area contributed by atoms with E-state index in [2.05, 4.69) is 10.3 Å². The average molecular weight is 219 g/mol. The SMILES string of the molecule is CCNCCN1C(=O)c2ccncc2C1=O. The van der Waals surface area contributed by atoms with Crippen LogP contribution in [0.1, 0.15) is 27.6 Å². The van der Waals surface area contributed by atoms with Crippen LogP contribution in [0.25, 0.3) is 0 Å². The van der Waals surface area contributed by atoms with Gasteiger partial charge in [-0.3, -0.25) is 19.5 Å². The van der Waals surface area contributed by atoms with Gasteiger partial charge in [0.25, 0.3) is 11.8 Å². The molecule has 5 nitrogen and oxygen atoms in total. The minimum Gasteiger partial charge on any atom is -0.315 e. The normalized spacial score (nSPS) is 14.4. The molecule has 0 bridgehead atoms. The monoisotopic (exact) mass is 219 g/mol. The number of aromatic nitrogens is 1. The molecule has 0 unspecified atom stereocenters. The van der Waals surface area contributed by atoms with Gasteiger partial charge in [-0.1, -0.05) is 6.92 Å². The number of carbonyl (C=O) groups excluding carboxylic acids is 2. The van der Waals surface area contributed by atoms with Crippen molar-refractivity contribution >= 4 is 11.8 Å². The molecular weight excluding hydrogens is 206 g/mol. The summed E-state index contributed by atoms with van der Waals surface area (Å²) in [5.74, 6) is -0.466. The largest absolute Gasteiger partial charge is 0.315 e. The molecule has 2 rings (SSSR count). The highest BCUT2D eigenvalue weighted by atomic mass is 16.2. The first-order valence-corrected chi connectivity index (χ1v) is 5.26. The summed E-state index contributed by atoms with van der Waals surface area (Å²) in [6.07, 6.45) is 2.97. The van der Waals surface area contributed by atoms with Crippen molar-refractivity contribution in [1.29, 1.82) is 0 Å². The summed E-state index contributed by atoms with van der Waals surface area (Å²) >= 11 is 0. The zero-order valence-corrected chi connectivity index (χ0v) is 9.06. The van der Waals surface area contributed by atoms with Gasteiger partial charge >= 0.3 is 0 Å². The molecule has 84 valence electrons. The molecule has 0 saturated heterocycles. The topological polar surface area (TPSA) is 62.3 Å². The second-order valence-corrected chi connectivity index (χ2v) is 3.54. The Bertz CT molecular complexity index is 396. The molecule has 0 fully saturated rings. The molecule has 2 amide bonds. The third-order valence-electron chi connectivity index (χ3n) is 2.53. The second-order valence-electron chi connectivity index (χ2n) is 3.54. The molecule has 1 aliphatic rings. The van der Waals surface area contributed by atoms with Crippen molar-refractivity contribution < 1.29 is 9.59 Å². The van der Waals surface area contributed by atoms with Crippen LogP contribution in [0.15, 0.2) is 18.5 Å². The van der Waals surface area contributed by atoms with Gasteiger partial charge in [-0.25, -0.2) is 0 Å². The van der Waals surface area contributed by atoms with Gasteiger partial charge in [0, 0.05) is 25.5 Å². The van der Waals surface area contributed by atoms with E-state index in [1.165, 1.54) is 17.3 Å². The van der Waals surface area contributed by atoms with Crippen LogP contribution in [0.5, 0.6) is 0 Å². The van der Waals surface area contributed by atoms with Gasteiger partial charge in [0.15, 0.2) is 0 Å². The predicted molar refractivity (Wildman–Crippen MR) is 58.1 cm³/mol. The van der Waals surface area contributed by atoms with Gasteiger partial charge in [0.2, 0.25) is 0 Å². The fraction of sp³-hybridized carbons (Fsp3) is 0.364. The number of fused-ring (bicyclic) bond motifs is 1. The van der Waals surface area contributed by atoms with Gasteiger partial charge < -0.3 is 5.32 Å². The lowest BCUT2D eigenvalue weighted by molar-refractivity contribution is 0.0656. The average Bonchev–Trinajstić information content (AvgIpc) is 2.55. The van der Waals surface area contributed by atoms with Crippen molar-refractivity contribution in [3.8, 4) is 0 Å². The molecule has 1 aromatic rings. The summed E-state index contributed by atoms with van der Waals surface area (Å²) in [6.45, 7) is 3.83. The fourth-order valence-corrected chi connectivity index (χ4v) is 1.71. The van der Waals surface area contributed by atoms with Gasteiger partial charge in [-0.2, -0.15) is 0 Å². The Hall–Kier alpha value is -1.75. The summed E-state index contributed by atoms with van der Waals surface area (Å²) in [5, 5.41) is 3.08. The second kappa shape index (κ2) is 4.40. The van der Waals surface area contributed by atoms with Crippen LogP contribution in [0.3, 0.4) is 0 Å². The summed E-state index contributed by atoms with van der Waals surface area (Å²) in [6, 6.07) is 1.59.